The standard InChI is InChI=1S/C21H18ClN7O2/c1-29-6-4-15(28-29)18-17(12-7-11-3-2-5-24-16(11)14(22)8-12)26-20(19(23)25-18)27-21(30)13-9-31-10-13/h2-8,13H,9-10H2,1H3,(H2,23,25)(H,26,27,30). The third-order valence-corrected chi connectivity index (χ3v) is 5.35. The molecule has 31 heavy (non-hydrogen) atoms. The minimum absolute atomic E-state index is 0.103. The smallest absolute Gasteiger partial charge is 0.233 e. The van der Waals surface area contributed by atoms with Gasteiger partial charge in [0.15, 0.2) is 11.6 Å². The van der Waals surface area contributed by atoms with Gasteiger partial charge in [0.1, 0.15) is 17.1 Å². The van der Waals surface area contributed by atoms with Crippen molar-refractivity contribution >= 4 is 40.0 Å². The molecule has 1 fully saturated rings. The molecule has 1 aliphatic heterocycles. The molecule has 0 atom stereocenters. The van der Waals surface area contributed by atoms with Crippen LogP contribution < -0.4 is 11.1 Å². The van der Waals surface area contributed by atoms with Gasteiger partial charge < -0.3 is 15.8 Å². The molecule has 9 nitrogen and oxygen atoms in total. The number of nitrogens with zero attached hydrogens (tertiary/aromatic N) is 5. The van der Waals surface area contributed by atoms with Gasteiger partial charge in [-0.2, -0.15) is 5.10 Å². The first kappa shape index (κ1) is 19.4. The quantitative estimate of drug-likeness (QED) is 0.505. The summed E-state index contributed by atoms with van der Waals surface area (Å²) in [5.74, 6) is -0.133. The lowest BCUT2D eigenvalue weighted by atomic mass is 10.0. The number of nitrogens with two attached hydrogens (primary N) is 1. The average molecular weight is 436 g/mol. The van der Waals surface area contributed by atoms with Crippen molar-refractivity contribution in [3.63, 3.8) is 0 Å². The molecule has 5 rings (SSSR count). The summed E-state index contributed by atoms with van der Waals surface area (Å²) in [7, 11) is 1.81. The summed E-state index contributed by atoms with van der Waals surface area (Å²) < 4.78 is 6.76. The van der Waals surface area contributed by atoms with Crippen molar-refractivity contribution < 1.29 is 9.53 Å². The van der Waals surface area contributed by atoms with Gasteiger partial charge in [0.05, 0.1) is 29.7 Å². The zero-order valence-corrected chi connectivity index (χ0v) is 17.3. The van der Waals surface area contributed by atoms with Crippen LogP contribution in [0.25, 0.3) is 33.5 Å². The number of pyridine rings is 1. The van der Waals surface area contributed by atoms with Gasteiger partial charge in [0.2, 0.25) is 5.91 Å². The second-order valence-corrected chi connectivity index (χ2v) is 7.69. The maximum absolute atomic E-state index is 12.4. The zero-order chi connectivity index (χ0) is 21.5. The van der Waals surface area contributed by atoms with E-state index in [-0.39, 0.29) is 23.5 Å². The van der Waals surface area contributed by atoms with Crippen molar-refractivity contribution in [1.82, 2.24) is 24.7 Å². The summed E-state index contributed by atoms with van der Waals surface area (Å²) >= 11 is 6.50. The summed E-state index contributed by atoms with van der Waals surface area (Å²) in [6.45, 7) is 0.761. The van der Waals surface area contributed by atoms with Gasteiger partial charge in [0.25, 0.3) is 0 Å². The third kappa shape index (κ3) is 3.58. The van der Waals surface area contributed by atoms with Gasteiger partial charge in [-0.1, -0.05) is 17.7 Å². The number of carbonyl (C=O) groups excluding carboxylic acids is 1. The molecule has 4 aromatic rings. The first-order chi connectivity index (χ1) is 15.0. The number of carbonyl (C=O) groups is 1. The van der Waals surface area contributed by atoms with Gasteiger partial charge in [-0.15, -0.1) is 0 Å². The first-order valence-electron chi connectivity index (χ1n) is 9.60. The fraction of sp³-hybridized carbons (Fsp3) is 0.190. The van der Waals surface area contributed by atoms with Gasteiger partial charge in [-0.05, 0) is 24.3 Å². The minimum atomic E-state index is -0.221. The second kappa shape index (κ2) is 7.60. The fourth-order valence-corrected chi connectivity index (χ4v) is 3.63. The Morgan fingerprint density at radius 3 is 2.81 bits per heavy atom. The second-order valence-electron chi connectivity index (χ2n) is 7.29. The lowest BCUT2D eigenvalue weighted by Gasteiger charge is -2.24. The van der Waals surface area contributed by atoms with Gasteiger partial charge in [-0.3, -0.25) is 14.5 Å². The van der Waals surface area contributed by atoms with E-state index >= 15 is 0 Å². The molecule has 3 N–H and O–H groups in total. The Bertz CT molecular complexity index is 1320. The van der Waals surface area contributed by atoms with E-state index in [0.29, 0.717) is 46.4 Å². The number of fused-ring (bicyclic) bond motifs is 1. The normalized spacial score (nSPS) is 13.9. The fourth-order valence-electron chi connectivity index (χ4n) is 3.35. The molecule has 0 saturated carbocycles. The van der Waals surface area contributed by atoms with Gasteiger partial charge >= 0.3 is 0 Å². The molecule has 0 unspecified atom stereocenters. The number of aryl methyl sites for hydroxylation is 1. The molecule has 1 amide bonds. The SMILES string of the molecule is Cn1ccc(-c2nc(N)c(NC(=O)C3COC3)nc2-c2cc(Cl)c3ncccc3c2)n1. The van der Waals surface area contributed by atoms with Crippen molar-refractivity contribution in [2.75, 3.05) is 24.3 Å². The molecule has 0 bridgehead atoms. The van der Waals surface area contributed by atoms with Crippen LogP contribution in [0.5, 0.6) is 0 Å². The van der Waals surface area contributed by atoms with E-state index in [0.717, 1.165) is 5.39 Å². The minimum Gasteiger partial charge on any atom is -0.381 e. The van der Waals surface area contributed by atoms with Crippen LogP contribution in [-0.4, -0.2) is 43.9 Å². The molecule has 1 saturated heterocycles. The van der Waals surface area contributed by atoms with Crippen LogP contribution in [-0.2, 0) is 16.6 Å². The number of nitrogen functional groups attached to an aromatic ring is 1. The Kier molecular flexibility index (Phi) is 4.76. The summed E-state index contributed by atoms with van der Waals surface area (Å²) in [6, 6.07) is 9.27. The lowest BCUT2D eigenvalue weighted by molar-refractivity contribution is -0.133. The van der Waals surface area contributed by atoms with Gasteiger partial charge in [0, 0.05) is 30.4 Å². The van der Waals surface area contributed by atoms with E-state index in [1.807, 2.05) is 31.3 Å². The molecular formula is C21H18ClN7O2. The summed E-state index contributed by atoms with van der Waals surface area (Å²) in [5.41, 5.74) is 9.14. The molecule has 10 heteroatoms. The first-order valence-corrected chi connectivity index (χ1v) is 9.98. The van der Waals surface area contributed by atoms with Crippen LogP contribution in [0.3, 0.4) is 0 Å². The molecule has 0 radical (unpaired) electrons. The van der Waals surface area contributed by atoms with E-state index in [4.69, 9.17) is 22.1 Å². The number of aromatic nitrogens is 5. The number of nitrogens with one attached hydrogen (secondary N) is 1. The molecule has 1 aliphatic rings. The predicted octanol–water partition coefficient (Wildman–Crippen LogP) is 2.91. The summed E-state index contributed by atoms with van der Waals surface area (Å²) in [6.07, 6.45) is 3.49. The predicted molar refractivity (Wildman–Crippen MR) is 117 cm³/mol. The Balaban J connectivity index is 1.67. The van der Waals surface area contributed by atoms with Crippen LogP contribution >= 0.6 is 11.6 Å². The highest BCUT2D eigenvalue weighted by molar-refractivity contribution is 6.35. The van der Waals surface area contributed by atoms with E-state index in [1.165, 1.54) is 0 Å². The van der Waals surface area contributed by atoms with Crippen LogP contribution in [0.1, 0.15) is 0 Å². The largest absolute Gasteiger partial charge is 0.381 e. The van der Waals surface area contributed by atoms with Crippen molar-refractivity contribution in [2.24, 2.45) is 13.0 Å². The molecule has 0 spiro atoms. The molecule has 0 aliphatic carbocycles. The summed E-state index contributed by atoms with van der Waals surface area (Å²) in [5, 5.41) is 8.55. The number of hydrogen-bond acceptors (Lipinski definition) is 7. The van der Waals surface area contributed by atoms with Crippen LogP contribution in [0.2, 0.25) is 5.02 Å². The highest BCUT2D eigenvalue weighted by Gasteiger charge is 2.28. The maximum Gasteiger partial charge on any atom is 0.233 e. The topological polar surface area (TPSA) is 121 Å². The lowest BCUT2D eigenvalue weighted by Crippen LogP contribution is -2.38. The van der Waals surface area contributed by atoms with E-state index < -0.39 is 0 Å². The third-order valence-electron chi connectivity index (χ3n) is 5.06. The molecule has 4 heterocycles. The molecule has 156 valence electrons. The van der Waals surface area contributed by atoms with Crippen molar-refractivity contribution in [1.29, 1.82) is 0 Å². The Hall–Kier alpha value is -3.56. The van der Waals surface area contributed by atoms with E-state index in [9.17, 15) is 4.79 Å². The number of ether oxygens (including phenoxy) is 1. The van der Waals surface area contributed by atoms with E-state index in [1.54, 1.807) is 23.1 Å². The number of halogens is 1. The number of benzene rings is 1. The molecule has 1 aromatic carbocycles. The number of rotatable bonds is 4. The molecular weight excluding hydrogens is 418 g/mol. The highest BCUT2D eigenvalue weighted by atomic mass is 35.5. The average Bonchev–Trinajstić information content (AvgIpc) is 3.14. The highest BCUT2D eigenvalue weighted by Crippen LogP contribution is 2.35. The van der Waals surface area contributed by atoms with Crippen molar-refractivity contribution in [2.45, 2.75) is 0 Å². The monoisotopic (exact) mass is 435 g/mol. The zero-order valence-electron chi connectivity index (χ0n) is 16.5. The number of amides is 1. The Labute approximate surface area is 182 Å². The van der Waals surface area contributed by atoms with Crippen molar-refractivity contribution in [3.8, 4) is 22.6 Å². The molecule has 3 aromatic heterocycles. The Morgan fingerprint density at radius 1 is 1.26 bits per heavy atom. The van der Waals surface area contributed by atoms with Crippen molar-refractivity contribution in [3.05, 3.63) is 47.7 Å². The number of hydrogen-bond donors (Lipinski definition) is 2. The van der Waals surface area contributed by atoms with Crippen LogP contribution in [0, 0.1) is 5.92 Å². The maximum atomic E-state index is 12.4. The summed E-state index contributed by atoms with van der Waals surface area (Å²) in [4.78, 5) is 26.0. The van der Waals surface area contributed by atoms with Gasteiger partial charge in [-0.25, -0.2) is 9.97 Å². The van der Waals surface area contributed by atoms with Crippen LogP contribution in [0.4, 0.5) is 11.6 Å². The Morgan fingerprint density at radius 2 is 2.10 bits per heavy atom. The van der Waals surface area contributed by atoms with E-state index in [2.05, 4.69) is 25.4 Å². The number of anilines is 2. The van der Waals surface area contributed by atoms with Crippen LogP contribution in [0.15, 0.2) is 42.7 Å².